The molecule has 2 nitrogen and oxygen atoms in total. The van der Waals surface area contributed by atoms with Crippen LogP contribution in [0, 0.1) is 0 Å². The first-order valence-corrected chi connectivity index (χ1v) is 7.57. The lowest BCUT2D eigenvalue weighted by atomic mass is 9.66. The van der Waals surface area contributed by atoms with E-state index in [1.165, 1.54) is 37.7 Å². The maximum atomic E-state index is 5.43. The number of methoxy groups -OCH3 is 1. The van der Waals surface area contributed by atoms with E-state index in [1.807, 2.05) is 0 Å². The largest absolute Gasteiger partial charge is 0.497 e. The second-order valence-electron chi connectivity index (χ2n) is 6.23. The number of likely N-dealkylation sites (N-methyl/N-ethyl adjacent to an activating group) is 1. The van der Waals surface area contributed by atoms with Gasteiger partial charge in [0.15, 0.2) is 0 Å². The Hall–Kier alpha value is -0.540. The highest BCUT2D eigenvalue weighted by Gasteiger charge is 2.52. The summed E-state index contributed by atoms with van der Waals surface area (Å²) in [5, 5.41) is 0. The number of nitrogens with zero attached hydrogens (tertiary/aromatic N) is 1. The molecule has 1 aromatic carbocycles. The van der Waals surface area contributed by atoms with Crippen LogP contribution < -0.4 is 4.74 Å². The number of hydrogen-bond acceptors (Lipinski definition) is 2. The molecule has 0 N–H and O–H groups in total. The summed E-state index contributed by atoms with van der Waals surface area (Å²) < 4.78 is 5.43. The van der Waals surface area contributed by atoms with Crippen molar-refractivity contribution in [1.82, 2.24) is 4.90 Å². The Morgan fingerprint density at radius 1 is 1.40 bits per heavy atom. The Morgan fingerprint density at radius 2 is 2.20 bits per heavy atom. The molecule has 1 aliphatic heterocycles. The molecular formula is C17H26BrNO. The van der Waals surface area contributed by atoms with Gasteiger partial charge < -0.3 is 4.74 Å². The third-order valence-corrected chi connectivity index (χ3v) is 5.50. The zero-order valence-corrected chi connectivity index (χ0v) is 14.5. The molecule has 0 aromatic heterocycles. The van der Waals surface area contributed by atoms with E-state index < -0.39 is 0 Å². The minimum absolute atomic E-state index is 0. The maximum absolute atomic E-state index is 5.43. The first-order valence-electron chi connectivity index (χ1n) is 7.57. The zero-order valence-electron chi connectivity index (χ0n) is 12.8. The molecule has 1 heterocycles. The van der Waals surface area contributed by atoms with Gasteiger partial charge in [0.1, 0.15) is 5.75 Å². The van der Waals surface area contributed by atoms with Crippen molar-refractivity contribution in [3.05, 3.63) is 29.8 Å². The summed E-state index contributed by atoms with van der Waals surface area (Å²) >= 11 is 0. The number of halogens is 1. The van der Waals surface area contributed by atoms with Crippen LogP contribution >= 0.6 is 17.0 Å². The predicted molar refractivity (Wildman–Crippen MR) is 89.1 cm³/mol. The molecule has 3 rings (SSSR count). The summed E-state index contributed by atoms with van der Waals surface area (Å²) in [6, 6.07) is 10.3. The fraction of sp³-hybridized carbons (Fsp3) is 0.647. The molecule has 2 aliphatic rings. The minimum Gasteiger partial charge on any atom is -0.497 e. The fourth-order valence-corrected chi connectivity index (χ4v) is 4.64. The Balaban J connectivity index is 0.00000147. The van der Waals surface area contributed by atoms with Crippen molar-refractivity contribution in [2.75, 3.05) is 14.2 Å². The van der Waals surface area contributed by atoms with E-state index in [2.05, 4.69) is 43.1 Å². The average molecular weight is 340 g/mol. The highest BCUT2D eigenvalue weighted by molar-refractivity contribution is 8.93. The number of benzene rings is 1. The van der Waals surface area contributed by atoms with Crippen LogP contribution in [0.2, 0.25) is 0 Å². The van der Waals surface area contributed by atoms with Crippen LogP contribution in [0.3, 0.4) is 0 Å². The summed E-state index contributed by atoms with van der Waals surface area (Å²) in [6.07, 6.45) is 6.64. The van der Waals surface area contributed by atoms with Crippen molar-refractivity contribution in [2.45, 2.75) is 56.5 Å². The molecule has 2 fully saturated rings. The highest BCUT2D eigenvalue weighted by atomic mass is 79.9. The van der Waals surface area contributed by atoms with Gasteiger partial charge in [-0.1, -0.05) is 25.5 Å². The number of rotatable bonds is 3. The molecule has 20 heavy (non-hydrogen) atoms. The Morgan fingerprint density at radius 3 is 2.90 bits per heavy atom. The van der Waals surface area contributed by atoms with E-state index in [4.69, 9.17) is 4.74 Å². The Bertz CT molecular complexity index is 464. The first kappa shape index (κ1) is 15.8. The SMILES string of the molecule is Br.CCC1N(C)C2CCCC1(c1cccc(OC)c1)C2. The standard InChI is InChI=1S/C17H25NO.BrH/c1-4-16-17(10-6-8-14(12-17)18(16)2)13-7-5-9-15(11-13)19-3;/h5,7,9,11,14,16H,4,6,8,10,12H2,1-3H3;1H. The van der Waals surface area contributed by atoms with E-state index >= 15 is 0 Å². The van der Waals surface area contributed by atoms with Crippen LogP contribution in [0.15, 0.2) is 24.3 Å². The highest BCUT2D eigenvalue weighted by Crippen LogP contribution is 2.52. The van der Waals surface area contributed by atoms with Crippen molar-refractivity contribution < 1.29 is 4.74 Å². The van der Waals surface area contributed by atoms with Gasteiger partial charge in [-0.05, 0) is 50.4 Å². The third-order valence-electron chi connectivity index (χ3n) is 5.50. The summed E-state index contributed by atoms with van der Waals surface area (Å²) in [4.78, 5) is 2.65. The van der Waals surface area contributed by atoms with E-state index in [9.17, 15) is 0 Å². The molecule has 112 valence electrons. The number of ether oxygens (including phenoxy) is 1. The number of hydrogen-bond donors (Lipinski definition) is 0. The molecule has 0 radical (unpaired) electrons. The van der Waals surface area contributed by atoms with Crippen LogP contribution in [-0.4, -0.2) is 31.1 Å². The lowest BCUT2D eigenvalue weighted by molar-refractivity contribution is 0.217. The second-order valence-corrected chi connectivity index (χ2v) is 6.23. The normalized spacial score (nSPS) is 32.8. The van der Waals surface area contributed by atoms with E-state index in [1.54, 1.807) is 7.11 Å². The van der Waals surface area contributed by atoms with Gasteiger partial charge in [0, 0.05) is 17.5 Å². The van der Waals surface area contributed by atoms with E-state index in [0.717, 1.165) is 11.8 Å². The van der Waals surface area contributed by atoms with Crippen LogP contribution in [-0.2, 0) is 5.41 Å². The van der Waals surface area contributed by atoms with E-state index in [-0.39, 0.29) is 17.0 Å². The van der Waals surface area contributed by atoms with Gasteiger partial charge in [-0.2, -0.15) is 0 Å². The molecule has 3 atom stereocenters. The smallest absolute Gasteiger partial charge is 0.119 e. The van der Waals surface area contributed by atoms with Crippen molar-refractivity contribution in [2.24, 2.45) is 0 Å². The van der Waals surface area contributed by atoms with Gasteiger partial charge in [0.05, 0.1) is 7.11 Å². The number of likely N-dealkylation sites (tertiary alicyclic amines) is 1. The van der Waals surface area contributed by atoms with Crippen LogP contribution in [0.25, 0.3) is 0 Å². The fourth-order valence-electron chi connectivity index (χ4n) is 4.64. The Labute approximate surface area is 133 Å². The van der Waals surface area contributed by atoms with Gasteiger partial charge in [0.25, 0.3) is 0 Å². The van der Waals surface area contributed by atoms with Gasteiger partial charge in [-0.15, -0.1) is 17.0 Å². The molecule has 1 saturated heterocycles. The lowest BCUT2D eigenvalue weighted by Gasteiger charge is -2.38. The second kappa shape index (κ2) is 6.07. The lowest BCUT2D eigenvalue weighted by Crippen LogP contribution is -2.40. The predicted octanol–water partition coefficient (Wildman–Crippen LogP) is 4.18. The maximum Gasteiger partial charge on any atom is 0.119 e. The molecule has 3 heteroatoms. The third kappa shape index (κ3) is 2.29. The summed E-state index contributed by atoms with van der Waals surface area (Å²) in [7, 11) is 4.09. The molecular weight excluding hydrogens is 314 g/mol. The molecule has 1 saturated carbocycles. The average Bonchev–Trinajstić information content (AvgIpc) is 2.66. The first-order chi connectivity index (χ1) is 9.21. The molecule has 3 unspecified atom stereocenters. The number of fused-ring (bicyclic) bond motifs is 2. The van der Waals surface area contributed by atoms with Crippen molar-refractivity contribution in [3.63, 3.8) is 0 Å². The molecule has 1 aromatic rings. The van der Waals surface area contributed by atoms with Gasteiger partial charge >= 0.3 is 0 Å². The topological polar surface area (TPSA) is 12.5 Å². The molecule has 0 amide bonds. The van der Waals surface area contributed by atoms with Gasteiger partial charge in [-0.25, -0.2) is 0 Å². The molecule has 1 aliphatic carbocycles. The quantitative estimate of drug-likeness (QED) is 0.819. The van der Waals surface area contributed by atoms with E-state index in [0.29, 0.717) is 11.5 Å². The van der Waals surface area contributed by atoms with Crippen LogP contribution in [0.1, 0.15) is 44.6 Å². The molecule has 2 bridgehead atoms. The van der Waals surface area contributed by atoms with Gasteiger partial charge in [-0.3, -0.25) is 4.90 Å². The van der Waals surface area contributed by atoms with Crippen LogP contribution in [0.5, 0.6) is 5.75 Å². The van der Waals surface area contributed by atoms with Crippen molar-refractivity contribution in [3.8, 4) is 5.75 Å². The summed E-state index contributed by atoms with van der Waals surface area (Å²) in [5.74, 6) is 0.999. The van der Waals surface area contributed by atoms with Gasteiger partial charge in [0.2, 0.25) is 0 Å². The monoisotopic (exact) mass is 339 g/mol. The molecule has 0 spiro atoms. The van der Waals surface area contributed by atoms with Crippen molar-refractivity contribution >= 4 is 17.0 Å². The van der Waals surface area contributed by atoms with Crippen LogP contribution in [0.4, 0.5) is 0 Å². The Kier molecular flexibility index (Phi) is 4.80. The minimum atomic E-state index is 0. The summed E-state index contributed by atoms with van der Waals surface area (Å²) in [5.41, 5.74) is 1.86. The van der Waals surface area contributed by atoms with Crippen molar-refractivity contribution in [1.29, 1.82) is 0 Å². The zero-order chi connectivity index (χ0) is 13.5. The summed E-state index contributed by atoms with van der Waals surface area (Å²) in [6.45, 7) is 2.34.